The molecule has 1 aromatic carbocycles. The van der Waals surface area contributed by atoms with E-state index in [1.165, 1.54) is 23.9 Å². The first kappa shape index (κ1) is 14.3. The molecule has 0 aliphatic heterocycles. The molecule has 0 unspecified atom stereocenters. The third-order valence-electron chi connectivity index (χ3n) is 3.88. The lowest BCUT2D eigenvalue weighted by molar-refractivity contribution is 0.462. The zero-order valence-corrected chi connectivity index (χ0v) is 13.3. The molecule has 3 rings (SSSR count). The van der Waals surface area contributed by atoms with Gasteiger partial charge in [0, 0.05) is 6.04 Å². The van der Waals surface area contributed by atoms with E-state index in [0.29, 0.717) is 10.5 Å². The van der Waals surface area contributed by atoms with Crippen molar-refractivity contribution in [1.82, 2.24) is 9.78 Å². The van der Waals surface area contributed by atoms with Crippen molar-refractivity contribution < 1.29 is 0 Å². The second kappa shape index (κ2) is 6.43. The molecule has 1 N–H and O–H groups in total. The Hall–Kier alpha value is -1.62. The first-order chi connectivity index (χ1) is 10.3. The van der Waals surface area contributed by atoms with E-state index in [-0.39, 0.29) is 5.56 Å². The SMILES string of the molecule is O=c1c(Br)c(NC2CCCCC2)cnn1-c1ccccc1. The monoisotopic (exact) mass is 347 g/mol. The number of hydrogen-bond acceptors (Lipinski definition) is 3. The van der Waals surface area contributed by atoms with Gasteiger partial charge in [-0.25, -0.2) is 0 Å². The summed E-state index contributed by atoms with van der Waals surface area (Å²) in [6, 6.07) is 9.90. The van der Waals surface area contributed by atoms with Gasteiger partial charge in [-0.1, -0.05) is 37.5 Å². The average Bonchev–Trinajstić information content (AvgIpc) is 2.54. The van der Waals surface area contributed by atoms with Gasteiger partial charge in [0.1, 0.15) is 4.47 Å². The van der Waals surface area contributed by atoms with Crippen LogP contribution >= 0.6 is 15.9 Å². The van der Waals surface area contributed by atoms with Crippen LogP contribution in [-0.2, 0) is 0 Å². The van der Waals surface area contributed by atoms with Gasteiger partial charge >= 0.3 is 0 Å². The fraction of sp³-hybridized carbons (Fsp3) is 0.375. The van der Waals surface area contributed by atoms with Gasteiger partial charge in [-0.3, -0.25) is 4.79 Å². The molecule has 0 radical (unpaired) electrons. The summed E-state index contributed by atoms with van der Waals surface area (Å²) in [5, 5.41) is 7.73. The lowest BCUT2D eigenvalue weighted by atomic mass is 9.95. The summed E-state index contributed by atoms with van der Waals surface area (Å²) < 4.78 is 1.96. The number of nitrogens with zero attached hydrogens (tertiary/aromatic N) is 2. The number of hydrogen-bond donors (Lipinski definition) is 1. The van der Waals surface area contributed by atoms with Gasteiger partial charge in [-0.15, -0.1) is 0 Å². The van der Waals surface area contributed by atoms with Crippen LogP contribution in [0.4, 0.5) is 5.69 Å². The molecule has 5 heteroatoms. The van der Waals surface area contributed by atoms with Crippen LogP contribution in [0.15, 0.2) is 45.8 Å². The van der Waals surface area contributed by atoms with Crippen molar-refractivity contribution in [2.75, 3.05) is 5.32 Å². The standard InChI is InChI=1S/C16H18BrN3O/c17-15-14(19-12-7-3-1-4-8-12)11-18-20(16(15)21)13-9-5-2-6-10-13/h2,5-6,9-12,19H,1,3-4,7-8H2. The highest BCUT2D eigenvalue weighted by molar-refractivity contribution is 9.10. The Morgan fingerprint density at radius 3 is 2.57 bits per heavy atom. The second-order valence-electron chi connectivity index (χ2n) is 5.40. The van der Waals surface area contributed by atoms with Crippen LogP contribution in [0.1, 0.15) is 32.1 Å². The second-order valence-corrected chi connectivity index (χ2v) is 6.20. The number of benzene rings is 1. The Balaban J connectivity index is 1.88. The Bertz CT molecular complexity index is 663. The maximum atomic E-state index is 12.4. The molecule has 0 atom stereocenters. The maximum Gasteiger partial charge on any atom is 0.287 e. The molecule has 1 heterocycles. The molecule has 110 valence electrons. The van der Waals surface area contributed by atoms with Crippen LogP contribution in [0, 0.1) is 0 Å². The van der Waals surface area contributed by atoms with Gasteiger partial charge in [-0.05, 0) is 40.9 Å². The first-order valence-electron chi connectivity index (χ1n) is 7.35. The van der Waals surface area contributed by atoms with Crippen LogP contribution < -0.4 is 10.9 Å². The lowest BCUT2D eigenvalue weighted by Gasteiger charge is -2.24. The van der Waals surface area contributed by atoms with Crippen LogP contribution in [0.2, 0.25) is 0 Å². The largest absolute Gasteiger partial charge is 0.380 e. The average molecular weight is 348 g/mol. The van der Waals surface area contributed by atoms with Gasteiger partial charge in [0.15, 0.2) is 0 Å². The maximum absolute atomic E-state index is 12.4. The Kier molecular flexibility index (Phi) is 4.39. The predicted octanol–water partition coefficient (Wildman–Crippen LogP) is 3.74. The number of anilines is 1. The van der Waals surface area contributed by atoms with Crippen LogP contribution in [-0.4, -0.2) is 15.8 Å². The van der Waals surface area contributed by atoms with E-state index >= 15 is 0 Å². The van der Waals surface area contributed by atoms with E-state index in [0.717, 1.165) is 24.2 Å². The van der Waals surface area contributed by atoms with Crippen molar-refractivity contribution in [3.63, 3.8) is 0 Å². The summed E-state index contributed by atoms with van der Waals surface area (Å²) in [6.07, 6.45) is 7.87. The summed E-state index contributed by atoms with van der Waals surface area (Å²) in [6.45, 7) is 0. The van der Waals surface area contributed by atoms with E-state index in [4.69, 9.17) is 0 Å². The number of para-hydroxylation sites is 1. The molecule has 0 spiro atoms. The Labute approximate surface area is 132 Å². The summed E-state index contributed by atoms with van der Waals surface area (Å²) in [7, 11) is 0. The van der Waals surface area contributed by atoms with Crippen molar-refractivity contribution in [3.8, 4) is 5.69 Å². The number of rotatable bonds is 3. The zero-order chi connectivity index (χ0) is 14.7. The summed E-state index contributed by atoms with van der Waals surface area (Å²) >= 11 is 3.42. The topological polar surface area (TPSA) is 46.9 Å². The van der Waals surface area contributed by atoms with Crippen molar-refractivity contribution in [2.45, 2.75) is 38.1 Å². The highest BCUT2D eigenvalue weighted by atomic mass is 79.9. The van der Waals surface area contributed by atoms with E-state index in [1.54, 1.807) is 6.20 Å². The number of nitrogens with one attached hydrogen (secondary N) is 1. The highest BCUT2D eigenvalue weighted by Crippen LogP contribution is 2.24. The fourth-order valence-electron chi connectivity index (χ4n) is 2.75. The minimum Gasteiger partial charge on any atom is -0.380 e. The third kappa shape index (κ3) is 3.18. The molecule has 1 fully saturated rings. The smallest absolute Gasteiger partial charge is 0.287 e. The molecule has 1 aromatic heterocycles. The molecule has 0 saturated heterocycles. The van der Waals surface area contributed by atoms with Crippen LogP contribution in [0.5, 0.6) is 0 Å². The van der Waals surface area contributed by atoms with E-state index in [2.05, 4.69) is 26.3 Å². The predicted molar refractivity (Wildman–Crippen MR) is 88.0 cm³/mol. The fourth-order valence-corrected chi connectivity index (χ4v) is 3.14. The number of halogens is 1. The van der Waals surface area contributed by atoms with Gasteiger partial charge in [0.25, 0.3) is 5.56 Å². The molecular formula is C16H18BrN3O. The van der Waals surface area contributed by atoms with Crippen molar-refractivity contribution in [2.24, 2.45) is 0 Å². The Morgan fingerprint density at radius 1 is 1.14 bits per heavy atom. The van der Waals surface area contributed by atoms with Crippen molar-refractivity contribution >= 4 is 21.6 Å². The van der Waals surface area contributed by atoms with Crippen LogP contribution in [0.25, 0.3) is 5.69 Å². The molecule has 0 bridgehead atoms. The molecule has 1 saturated carbocycles. The van der Waals surface area contributed by atoms with E-state index in [9.17, 15) is 4.79 Å². The van der Waals surface area contributed by atoms with E-state index < -0.39 is 0 Å². The lowest BCUT2D eigenvalue weighted by Crippen LogP contribution is -2.27. The highest BCUT2D eigenvalue weighted by Gasteiger charge is 2.16. The van der Waals surface area contributed by atoms with Gasteiger partial charge in [0.2, 0.25) is 0 Å². The minimum atomic E-state index is -0.137. The molecule has 4 nitrogen and oxygen atoms in total. The van der Waals surface area contributed by atoms with Crippen molar-refractivity contribution in [3.05, 3.63) is 51.4 Å². The van der Waals surface area contributed by atoms with Crippen LogP contribution in [0.3, 0.4) is 0 Å². The minimum absolute atomic E-state index is 0.137. The molecular weight excluding hydrogens is 330 g/mol. The Morgan fingerprint density at radius 2 is 1.86 bits per heavy atom. The quantitative estimate of drug-likeness (QED) is 0.919. The number of aromatic nitrogens is 2. The molecule has 2 aromatic rings. The molecule has 0 amide bonds. The normalized spacial score (nSPS) is 15.9. The third-order valence-corrected chi connectivity index (χ3v) is 4.65. The van der Waals surface area contributed by atoms with Crippen molar-refractivity contribution in [1.29, 1.82) is 0 Å². The molecule has 1 aliphatic rings. The van der Waals surface area contributed by atoms with Gasteiger partial charge in [0.05, 0.1) is 17.6 Å². The van der Waals surface area contributed by atoms with Gasteiger partial charge < -0.3 is 5.32 Å². The van der Waals surface area contributed by atoms with Gasteiger partial charge in [-0.2, -0.15) is 9.78 Å². The first-order valence-corrected chi connectivity index (χ1v) is 8.15. The summed E-state index contributed by atoms with van der Waals surface area (Å²) in [5.41, 5.74) is 1.42. The van der Waals surface area contributed by atoms with E-state index in [1.807, 2.05) is 30.3 Å². The zero-order valence-electron chi connectivity index (χ0n) is 11.8. The molecule has 21 heavy (non-hydrogen) atoms. The summed E-state index contributed by atoms with van der Waals surface area (Å²) in [4.78, 5) is 12.4. The molecule has 1 aliphatic carbocycles. The summed E-state index contributed by atoms with van der Waals surface area (Å²) in [5.74, 6) is 0.